The molecule has 1 aliphatic carbocycles. The number of anilines is 3. The molecule has 1 heterocycles. The molecule has 0 saturated carbocycles. The van der Waals surface area contributed by atoms with Gasteiger partial charge in [0, 0.05) is 45.0 Å². The molecule has 0 radical (unpaired) electrons. The molecule has 4 nitrogen and oxygen atoms in total. The number of carbonyl (C=O) groups excluding carboxylic acids is 1. The van der Waals surface area contributed by atoms with Crippen LogP contribution in [0, 0.1) is 0 Å². The Morgan fingerprint density at radius 2 is 1.07 bits per heavy atom. The smallest absolute Gasteiger partial charge is 0.335 e. The Morgan fingerprint density at radius 1 is 0.534 bits per heavy atom. The van der Waals surface area contributed by atoms with Crippen molar-refractivity contribution < 1.29 is 9.53 Å². The van der Waals surface area contributed by atoms with E-state index in [1.165, 1.54) is 55.7 Å². The van der Waals surface area contributed by atoms with Crippen molar-refractivity contribution in [1.82, 2.24) is 4.57 Å². The highest BCUT2D eigenvalue weighted by molar-refractivity contribution is 6.10. The van der Waals surface area contributed by atoms with Gasteiger partial charge < -0.3 is 14.2 Å². The number of benzene rings is 8. The average Bonchev–Trinajstić information content (AvgIpc) is 3.72. The lowest BCUT2D eigenvalue weighted by atomic mass is 9.82. The molecule has 1 aromatic heterocycles. The molecule has 0 N–H and O–H groups in total. The second-order valence-corrected chi connectivity index (χ2v) is 15.4. The number of esters is 1. The highest BCUT2D eigenvalue weighted by atomic mass is 16.5. The van der Waals surface area contributed by atoms with Gasteiger partial charge in [-0.2, -0.15) is 0 Å². The van der Waals surface area contributed by atoms with E-state index in [4.69, 9.17) is 4.74 Å². The summed E-state index contributed by atoms with van der Waals surface area (Å²) in [5, 5.41) is 2.47. The maximum Gasteiger partial charge on any atom is 0.335 e. The van der Waals surface area contributed by atoms with Crippen LogP contribution in [0.1, 0.15) is 25.0 Å². The van der Waals surface area contributed by atoms with E-state index in [1.54, 1.807) is 0 Å². The minimum absolute atomic E-state index is 0.327. The average molecular weight is 749 g/mol. The Morgan fingerprint density at radius 3 is 1.76 bits per heavy atom. The molecule has 0 atom stereocenters. The molecule has 4 heteroatoms. The molecule has 0 bridgehead atoms. The van der Waals surface area contributed by atoms with Crippen molar-refractivity contribution in [3.8, 4) is 44.8 Å². The van der Waals surface area contributed by atoms with Crippen LogP contribution in [0.4, 0.5) is 17.1 Å². The van der Waals surface area contributed by atoms with Crippen LogP contribution in [0.5, 0.6) is 5.75 Å². The zero-order valence-electron chi connectivity index (χ0n) is 32.4. The van der Waals surface area contributed by atoms with Crippen molar-refractivity contribution in [2.75, 3.05) is 4.90 Å². The predicted octanol–water partition coefficient (Wildman–Crippen LogP) is 14.0. The molecule has 8 aromatic carbocycles. The van der Waals surface area contributed by atoms with Gasteiger partial charge in [-0.25, -0.2) is 4.79 Å². The van der Waals surface area contributed by atoms with Crippen LogP contribution in [0.25, 0.3) is 60.9 Å². The predicted molar refractivity (Wildman–Crippen MR) is 240 cm³/mol. The van der Waals surface area contributed by atoms with Gasteiger partial charge in [-0.05, 0) is 123 Å². The summed E-state index contributed by atoms with van der Waals surface area (Å²) in [6, 6.07) is 67.0. The van der Waals surface area contributed by atoms with Gasteiger partial charge in [0.2, 0.25) is 0 Å². The summed E-state index contributed by atoms with van der Waals surface area (Å²) in [7, 11) is 0. The van der Waals surface area contributed by atoms with Crippen LogP contribution < -0.4 is 9.64 Å². The second-order valence-electron chi connectivity index (χ2n) is 15.4. The van der Waals surface area contributed by atoms with Gasteiger partial charge in [-0.3, -0.25) is 0 Å². The van der Waals surface area contributed by atoms with Crippen molar-refractivity contribution in [3.05, 3.63) is 212 Å². The van der Waals surface area contributed by atoms with E-state index in [0.29, 0.717) is 5.75 Å². The molecule has 278 valence electrons. The lowest BCUT2D eigenvalue weighted by Crippen LogP contribution is -2.17. The second kappa shape index (κ2) is 13.9. The lowest BCUT2D eigenvalue weighted by molar-refractivity contribution is -0.128. The van der Waals surface area contributed by atoms with Gasteiger partial charge in [0.1, 0.15) is 5.75 Å². The number of aromatic nitrogens is 1. The van der Waals surface area contributed by atoms with E-state index in [-0.39, 0.29) is 5.41 Å². The summed E-state index contributed by atoms with van der Waals surface area (Å²) in [4.78, 5) is 14.4. The van der Waals surface area contributed by atoms with Crippen molar-refractivity contribution in [2.45, 2.75) is 19.3 Å². The molecule has 0 spiro atoms. The zero-order chi connectivity index (χ0) is 39.4. The Hall–Kier alpha value is -7.43. The molecular formula is C54H40N2O2. The number of ether oxygens (including phenoxy) is 1. The molecule has 58 heavy (non-hydrogen) atoms. The third kappa shape index (κ3) is 5.89. The van der Waals surface area contributed by atoms with E-state index >= 15 is 0 Å². The first-order valence-electron chi connectivity index (χ1n) is 19.7. The van der Waals surface area contributed by atoms with Crippen molar-refractivity contribution in [1.29, 1.82) is 0 Å². The summed E-state index contributed by atoms with van der Waals surface area (Å²) in [6.07, 6.45) is 1.19. The molecule has 10 rings (SSSR count). The number of rotatable bonds is 8. The van der Waals surface area contributed by atoms with E-state index in [1.807, 2.05) is 18.2 Å². The van der Waals surface area contributed by atoms with Gasteiger partial charge in [0.05, 0.1) is 11.0 Å². The summed E-state index contributed by atoms with van der Waals surface area (Å²) < 4.78 is 7.89. The van der Waals surface area contributed by atoms with Gasteiger partial charge in [0.15, 0.2) is 0 Å². The van der Waals surface area contributed by atoms with Gasteiger partial charge in [-0.15, -0.1) is 0 Å². The topological polar surface area (TPSA) is 34.5 Å². The minimum atomic E-state index is -0.466. The third-order valence-electron chi connectivity index (χ3n) is 11.7. The summed E-state index contributed by atoms with van der Waals surface area (Å²) in [5.41, 5.74) is 15.8. The number of fused-ring (bicyclic) bond motifs is 6. The van der Waals surface area contributed by atoms with Crippen LogP contribution in [0.3, 0.4) is 0 Å². The van der Waals surface area contributed by atoms with Crippen molar-refractivity contribution >= 4 is 44.8 Å². The Balaban J connectivity index is 1.05. The van der Waals surface area contributed by atoms with E-state index < -0.39 is 5.97 Å². The highest BCUT2D eigenvalue weighted by Gasteiger charge is 2.36. The van der Waals surface area contributed by atoms with E-state index in [0.717, 1.165) is 39.4 Å². The maximum absolute atomic E-state index is 12.1. The number of carbonyl (C=O) groups is 1. The van der Waals surface area contributed by atoms with Crippen LogP contribution in [-0.4, -0.2) is 10.5 Å². The summed E-state index contributed by atoms with van der Waals surface area (Å²) in [6.45, 7) is 8.03. The van der Waals surface area contributed by atoms with Gasteiger partial charge in [-0.1, -0.05) is 130 Å². The fraction of sp³-hybridized carbons (Fsp3) is 0.0556. The Bertz CT molecular complexity index is 3010. The monoisotopic (exact) mass is 748 g/mol. The molecular weight excluding hydrogens is 709 g/mol. The van der Waals surface area contributed by atoms with Crippen LogP contribution >= 0.6 is 0 Å². The molecule has 9 aromatic rings. The molecule has 0 amide bonds. The number of hydrogen-bond donors (Lipinski definition) is 0. The minimum Gasteiger partial charge on any atom is -0.423 e. The molecule has 0 fully saturated rings. The fourth-order valence-corrected chi connectivity index (χ4v) is 8.76. The first kappa shape index (κ1) is 35.0. The molecule has 0 unspecified atom stereocenters. The summed E-state index contributed by atoms with van der Waals surface area (Å²) >= 11 is 0. The van der Waals surface area contributed by atoms with E-state index in [2.05, 4.69) is 200 Å². The highest BCUT2D eigenvalue weighted by Crippen LogP contribution is 2.51. The largest absolute Gasteiger partial charge is 0.423 e. The van der Waals surface area contributed by atoms with Gasteiger partial charge in [0.25, 0.3) is 0 Å². The van der Waals surface area contributed by atoms with Crippen molar-refractivity contribution in [3.63, 3.8) is 0 Å². The SMILES string of the molecule is C=CC(=O)Oc1ccc2c(c1)C(C)(C)c1cc(N(c3ccc(-c4ccccc4)cc3)c3ccc(-c4ccc5c(c4)c4ccccc4n5-c4ccccc4)cc3)ccc1-2. The van der Waals surface area contributed by atoms with Crippen LogP contribution in [-0.2, 0) is 10.2 Å². The third-order valence-corrected chi connectivity index (χ3v) is 11.7. The standard InChI is InChI=1S/C54H40N2O2/c1-4-53(57)58-44-29-31-46-45-30-28-43(34-49(45)54(2,3)50(46)35-44)55(41-24-19-37(20-25-41)36-13-7-5-8-14-36)42-26-21-38(22-27-42)39-23-32-52-48(33-39)47-17-11-12-18-51(47)56(52)40-15-9-6-10-16-40/h4-35H,1H2,2-3H3. The zero-order valence-corrected chi connectivity index (χ0v) is 32.4. The Labute approximate surface area is 338 Å². The molecule has 0 saturated heterocycles. The summed E-state index contributed by atoms with van der Waals surface area (Å²) in [5.74, 6) is 0.0535. The van der Waals surface area contributed by atoms with E-state index in [9.17, 15) is 4.79 Å². The number of nitrogens with zero attached hydrogens (tertiary/aromatic N) is 2. The van der Waals surface area contributed by atoms with Crippen LogP contribution in [0.15, 0.2) is 201 Å². The number of hydrogen-bond acceptors (Lipinski definition) is 3. The van der Waals surface area contributed by atoms with Crippen LogP contribution in [0.2, 0.25) is 0 Å². The quantitative estimate of drug-likeness (QED) is 0.0882. The lowest BCUT2D eigenvalue weighted by Gasteiger charge is -2.28. The first-order chi connectivity index (χ1) is 28.4. The van der Waals surface area contributed by atoms with Crippen molar-refractivity contribution in [2.24, 2.45) is 0 Å². The number of para-hydroxylation sites is 2. The fourth-order valence-electron chi connectivity index (χ4n) is 8.76. The van der Waals surface area contributed by atoms with Gasteiger partial charge >= 0.3 is 5.97 Å². The Kier molecular flexibility index (Phi) is 8.42. The maximum atomic E-state index is 12.1. The first-order valence-corrected chi connectivity index (χ1v) is 19.7. The normalized spacial score (nSPS) is 12.6. The molecule has 1 aliphatic rings. The molecule has 0 aliphatic heterocycles.